The predicted molar refractivity (Wildman–Crippen MR) is 82.9 cm³/mol. The summed E-state index contributed by atoms with van der Waals surface area (Å²) in [5.41, 5.74) is 0. The van der Waals surface area contributed by atoms with Gasteiger partial charge in [0.25, 0.3) is 5.91 Å². The molecule has 1 aromatic rings. The Morgan fingerprint density at radius 1 is 1.29 bits per heavy atom. The zero-order chi connectivity index (χ0) is 15.8. The van der Waals surface area contributed by atoms with Gasteiger partial charge < -0.3 is 15.4 Å². The lowest BCUT2D eigenvalue weighted by Crippen LogP contribution is -2.46. The predicted octanol–water partition coefficient (Wildman–Crippen LogP) is 2.40. The quantitative estimate of drug-likeness (QED) is 0.805. The van der Waals surface area contributed by atoms with Crippen LogP contribution in [0.4, 0.5) is 0 Å². The van der Waals surface area contributed by atoms with Crippen LogP contribution in [0.3, 0.4) is 0 Å². The van der Waals surface area contributed by atoms with Gasteiger partial charge in [-0.2, -0.15) is 0 Å². The molecule has 0 aliphatic rings. The molecule has 2 N–H and O–H groups in total. The van der Waals surface area contributed by atoms with Gasteiger partial charge in [-0.05, 0) is 25.5 Å². The van der Waals surface area contributed by atoms with Crippen molar-refractivity contribution in [3.8, 4) is 5.75 Å². The molecule has 0 aliphatic heterocycles. The van der Waals surface area contributed by atoms with Crippen LogP contribution in [0.5, 0.6) is 5.75 Å². The third-order valence-electron chi connectivity index (χ3n) is 2.58. The van der Waals surface area contributed by atoms with E-state index in [4.69, 9.17) is 27.9 Å². The van der Waals surface area contributed by atoms with Crippen molar-refractivity contribution in [2.45, 2.75) is 26.3 Å². The first-order chi connectivity index (χ1) is 9.93. The number of rotatable bonds is 7. The maximum absolute atomic E-state index is 11.7. The molecule has 1 rings (SSSR count). The number of ether oxygens (including phenoxy) is 1. The Bertz CT molecular complexity index is 509. The fraction of sp³-hybridized carbons (Fsp3) is 0.429. The van der Waals surface area contributed by atoms with E-state index in [9.17, 15) is 9.59 Å². The van der Waals surface area contributed by atoms with Gasteiger partial charge in [-0.3, -0.25) is 9.59 Å². The number of hydrogen-bond acceptors (Lipinski definition) is 3. The van der Waals surface area contributed by atoms with Crippen LogP contribution in [0.15, 0.2) is 18.2 Å². The first-order valence-electron chi connectivity index (χ1n) is 6.59. The molecule has 0 radical (unpaired) electrons. The SMILES string of the molecule is CCCNC(=O)[C@H](C)NC(=O)COc1ccc(Cl)c(Cl)c1. The summed E-state index contributed by atoms with van der Waals surface area (Å²) in [7, 11) is 0. The highest BCUT2D eigenvalue weighted by atomic mass is 35.5. The van der Waals surface area contributed by atoms with Crippen LogP contribution < -0.4 is 15.4 Å². The number of amides is 2. The minimum absolute atomic E-state index is 0.205. The van der Waals surface area contributed by atoms with Gasteiger partial charge in [-0.1, -0.05) is 30.1 Å². The molecule has 0 bridgehead atoms. The molecule has 0 unspecified atom stereocenters. The summed E-state index contributed by atoms with van der Waals surface area (Å²) in [6, 6.07) is 4.10. The average Bonchev–Trinajstić information content (AvgIpc) is 2.45. The molecule has 1 aromatic carbocycles. The lowest BCUT2D eigenvalue weighted by atomic mass is 10.3. The highest BCUT2D eigenvalue weighted by molar-refractivity contribution is 6.42. The summed E-state index contributed by atoms with van der Waals surface area (Å²) in [6.07, 6.45) is 0.840. The van der Waals surface area contributed by atoms with Gasteiger partial charge >= 0.3 is 0 Å². The lowest BCUT2D eigenvalue weighted by Gasteiger charge is -2.14. The van der Waals surface area contributed by atoms with Crippen molar-refractivity contribution >= 4 is 35.0 Å². The van der Waals surface area contributed by atoms with E-state index in [0.717, 1.165) is 6.42 Å². The third kappa shape index (κ3) is 6.23. The highest BCUT2D eigenvalue weighted by Crippen LogP contribution is 2.26. The smallest absolute Gasteiger partial charge is 0.258 e. The van der Waals surface area contributed by atoms with E-state index in [2.05, 4.69) is 10.6 Å². The van der Waals surface area contributed by atoms with E-state index in [0.29, 0.717) is 22.3 Å². The fourth-order valence-corrected chi connectivity index (χ4v) is 1.75. The Kier molecular flexibility index (Phi) is 7.32. The van der Waals surface area contributed by atoms with Crippen LogP contribution in [0, 0.1) is 0 Å². The number of hydrogen-bond donors (Lipinski definition) is 2. The van der Waals surface area contributed by atoms with Gasteiger partial charge in [0, 0.05) is 12.6 Å². The lowest BCUT2D eigenvalue weighted by molar-refractivity contribution is -0.129. The molecule has 0 saturated heterocycles. The van der Waals surface area contributed by atoms with Crippen LogP contribution in [-0.4, -0.2) is 31.0 Å². The molecule has 1 atom stereocenters. The van der Waals surface area contributed by atoms with Crippen LogP contribution in [0.1, 0.15) is 20.3 Å². The number of nitrogens with one attached hydrogen (secondary N) is 2. The van der Waals surface area contributed by atoms with Crippen molar-refractivity contribution in [3.05, 3.63) is 28.2 Å². The fourth-order valence-electron chi connectivity index (χ4n) is 1.47. The Hall–Kier alpha value is -1.46. The maximum Gasteiger partial charge on any atom is 0.258 e. The normalized spacial score (nSPS) is 11.6. The Labute approximate surface area is 133 Å². The average molecular weight is 333 g/mol. The Morgan fingerprint density at radius 3 is 2.62 bits per heavy atom. The number of carbonyl (C=O) groups is 2. The van der Waals surface area contributed by atoms with E-state index in [1.165, 1.54) is 6.07 Å². The Morgan fingerprint density at radius 2 is 2.00 bits per heavy atom. The Balaban J connectivity index is 2.39. The molecule has 0 fully saturated rings. The summed E-state index contributed by atoms with van der Waals surface area (Å²) in [5, 5.41) is 6.01. The number of carbonyl (C=O) groups excluding carboxylic acids is 2. The number of halogens is 2. The number of benzene rings is 1. The van der Waals surface area contributed by atoms with Crippen molar-refractivity contribution in [1.82, 2.24) is 10.6 Å². The van der Waals surface area contributed by atoms with Crippen LogP contribution in [0.2, 0.25) is 10.0 Å². The molecule has 7 heteroatoms. The van der Waals surface area contributed by atoms with Crippen molar-refractivity contribution in [1.29, 1.82) is 0 Å². The van der Waals surface area contributed by atoms with E-state index >= 15 is 0 Å². The van der Waals surface area contributed by atoms with Crippen molar-refractivity contribution in [3.63, 3.8) is 0 Å². The molecule has 116 valence electrons. The zero-order valence-electron chi connectivity index (χ0n) is 11.9. The van der Waals surface area contributed by atoms with Gasteiger partial charge in [0.2, 0.25) is 5.91 Å². The van der Waals surface area contributed by atoms with Crippen LogP contribution >= 0.6 is 23.2 Å². The van der Waals surface area contributed by atoms with E-state index in [1.807, 2.05) is 6.92 Å². The monoisotopic (exact) mass is 332 g/mol. The second-order valence-electron chi connectivity index (χ2n) is 4.44. The van der Waals surface area contributed by atoms with Crippen molar-refractivity contribution < 1.29 is 14.3 Å². The second kappa shape index (κ2) is 8.74. The molecular formula is C14H18Cl2N2O3. The van der Waals surface area contributed by atoms with Crippen molar-refractivity contribution in [2.24, 2.45) is 0 Å². The van der Waals surface area contributed by atoms with Gasteiger partial charge in [0.1, 0.15) is 11.8 Å². The molecular weight excluding hydrogens is 315 g/mol. The summed E-state index contributed by atoms with van der Waals surface area (Å²) in [5.74, 6) is -0.178. The molecule has 21 heavy (non-hydrogen) atoms. The van der Waals surface area contributed by atoms with Crippen LogP contribution in [-0.2, 0) is 9.59 Å². The topological polar surface area (TPSA) is 67.4 Å². The molecule has 5 nitrogen and oxygen atoms in total. The highest BCUT2D eigenvalue weighted by Gasteiger charge is 2.15. The zero-order valence-corrected chi connectivity index (χ0v) is 13.4. The molecule has 0 spiro atoms. The third-order valence-corrected chi connectivity index (χ3v) is 3.32. The first kappa shape index (κ1) is 17.6. The first-order valence-corrected chi connectivity index (χ1v) is 7.34. The molecule has 0 aromatic heterocycles. The van der Waals surface area contributed by atoms with E-state index < -0.39 is 6.04 Å². The standard InChI is InChI=1S/C14H18Cl2N2O3/c1-3-6-17-14(20)9(2)18-13(19)8-21-10-4-5-11(15)12(16)7-10/h4-5,7,9H,3,6,8H2,1-2H3,(H,17,20)(H,18,19)/t9-/m0/s1. The van der Waals surface area contributed by atoms with Crippen molar-refractivity contribution in [2.75, 3.05) is 13.2 Å². The summed E-state index contributed by atoms with van der Waals surface area (Å²) >= 11 is 11.6. The van der Waals surface area contributed by atoms with Crippen LogP contribution in [0.25, 0.3) is 0 Å². The second-order valence-corrected chi connectivity index (χ2v) is 5.26. The molecule has 2 amide bonds. The van der Waals surface area contributed by atoms with Gasteiger partial charge in [-0.25, -0.2) is 0 Å². The van der Waals surface area contributed by atoms with E-state index in [-0.39, 0.29) is 18.4 Å². The largest absolute Gasteiger partial charge is 0.484 e. The van der Waals surface area contributed by atoms with Gasteiger partial charge in [-0.15, -0.1) is 0 Å². The minimum Gasteiger partial charge on any atom is -0.484 e. The molecule has 0 saturated carbocycles. The summed E-state index contributed by atoms with van der Waals surface area (Å²) in [4.78, 5) is 23.3. The van der Waals surface area contributed by atoms with E-state index in [1.54, 1.807) is 19.1 Å². The van der Waals surface area contributed by atoms with Gasteiger partial charge in [0.05, 0.1) is 10.0 Å². The minimum atomic E-state index is -0.610. The molecule has 0 heterocycles. The summed E-state index contributed by atoms with van der Waals surface area (Å²) in [6.45, 7) is 3.94. The molecule has 0 aliphatic carbocycles. The van der Waals surface area contributed by atoms with Gasteiger partial charge in [0.15, 0.2) is 6.61 Å². The summed E-state index contributed by atoms with van der Waals surface area (Å²) < 4.78 is 5.28. The maximum atomic E-state index is 11.7.